The van der Waals surface area contributed by atoms with E-state index in [0.29, 0.717) is 5.56 Å². The maximum absolute atomic E-state index is 14.3. The van der Waals surface area contributed by atoms with Crippen LogP contribution in [0.3, 0.4) is 0 Å². The number of carbonyl (C=O) groups excluding carboxylic acids is 1. The van der Waals surface area contributed by atoms with Crippen LogP contribution in [0.4, 0.5) is 8.78 Å². The van der Waals surface area contributed by atoms with Gasteiger partial charge >= 0.3 is 5.97 Å². The Morgan fingerprint density at radius 1 is 1.24 bits per heavy atom. The zero-order valence-corrected chi connectivity index (χ0v) is 11.8. The predicted octanol–water partition coefficient (Wildman–Crippen LogP) is 3.41. The van der Waals surface area contributed by atoms with Crippen molar-refractivity contribution in [2.75, 3.05) is 6.61 Å². The van der Waals surface area contributed by atoms with E-state index >= 15 is 0 Å². The SMILES string of the molecule is CCOC(=O)C12CC(F)(F)C(C#Cc3ccccc3)(C1)C2. The van der Waals surface area contributed by atoms with Gasteiger partial charge in [-0.3, -0.25) is 4.79 Å². The van der Waals surface area contributed by atoms with E-state index in [9.17, 15) is 13.6 Å². The van der Waals surface area contributed by atoms with Crippen LogP contribution in [0.15, 0.2) is 30.3 Å². The number of hydrogen-bond donors (Lipinski definition) is 0. The number of fused-ring (bicyclic) bond motifs is 1. The molecule has 0 saturated heterocycles. The number of rotatable bonds is 2. The van der Waals surface area contributed by atoms with E-state index in [4.69, 9.17) is 4.74 Å². The molecule has 4 heteroatoms. The fourth-order valence-electron chi connectivity index (χ4n) is 3.48. The van der Waals surface area contributed by atoms with Gasteiger partial charge in [-0.2, -0.15) is 0 Å². The molecule has 110 valence electrons. The minimum absolute atomic E-state index is 0.103. The van der Waals surface area contributed by atoms with Crippen molar-refractivity contribution >= 4 is 5.97 Å². The van der Waals surface area contributed by atoms with E-state index in [0.717, 1.165) is 0 Å². The van der Waals surface area contributed by atoms with Gasteiger partial charge in [-0.1, -0.05) is 30.0 Å². The average Bonchev–Trinajstić information content (AvgIpc) is 2.79. The summed E-state index contributed by atoms with van der Waals surface area (Å²) in [6.45, 7) is 1.90. The molecule has 21 heavy (non-hydrogen) atoms. The van der Waals surface area contributed by atoms with Crippen molar-refractivity contribution in [1.29, 1.82) is 0 Å². The lowest BCUT2D eigenvalue weighted by Gasteiger charge is -2.42. The molecule has 0 N–H and O–H groups in total. The van der Waals surface area contributed by atoms with Crippen LogP contribution in [-0.2, 0) is 9.53 Å². The number of benzene rings is 1. The first-order valence-corrected chi connectivity index (χ1v) is 7.06. The van der Waals surface area contributed by atoms with Gasteiger partial charge in [0.1, 0.15) is 0 Å². The van der Waals surface area contributed by atoms with E-state index in [1.807, 2.05) is 18.2 Å². The highest BCUT2D eigenvalue weighted by Gasteiger charge is 2.78. The molecule has 2 bridgehead atoms. The van der Waals surface area contributed by atoms with Crippen molar-refractivity contribution in [3.05, 3.63) is 35.9 Å². The fourth-order valence-corrected chi connectivity index (χ4v) is 3.48. The standard InChI is InChI=1S/C17H16F2O2/c1-2-21-14(20)15-10-16(11-15,17(18,19)12-15)9-8-13-6-4-3-5-7-13/h3-7H,2,10-12H2,1H3. The molecule has 0 aromatic heterocycles. The Hall–Kier alpha value is -1.89. The second-order valence-corrected chi connectivity index (χ2v) is 5.93. The molecule has 0 aliphatic heterocycles. The van der Waals surface area contributed by atoms with E-state index in [-0.39, 0.29) is 19.4 Å². The summed E-state index contributed by atoms with van der Waals surface area (Å²) >= 11 is 0. The molecule has 1 aromatic rings. The zero-order chi connectivity index (χ0) is 15.1. The second kappa shape index (κ2) is 4.56. The lowest BCUT2D eigenvalue weighted by Crippen LogP contribution is -2.46. The van der Waals surface area contributed by atoms with Crippen molar-refractivity contribution < 1.29 is 18.3 Å². The summed E-state index contributed by atoms with van der Waals surface area (Å²) in [5, 5.41) is 0. The third kappa shape index (κ3) is 2.03. The van der Waals surface area contributed by atoms with Crippen molar-refractivity contribution in [2.45, 2.75) is 32.1 Å². The number of esters is 1. The highest BCUT2D eigenvalue weighted by Crippen LogP contribution is 2.73. The minimum atomic E-state index is -2.93. The average molecular weight is 290 g/mol. The molecular formula is C17H16F2O2. The lowest BCUT2D eigenvalue weighted by atomic mass is 9.60. The van der Waals surface area contributed by atoms with Crippen LogP contribution in [0.1, 0.15) is 31.7 Å². The second-order valence-electron chi connectivity index (χ2n) is 5.93. The van der Waals surface area contributed by atoms with Crippen LogP contribution in [0.2, 0.25) is 0 Å². The molecule has 0 amide bonds. The van der Waals surface area contributed by atoms with Gasteiger partial charge < -0.3 is 4.74 Å². The van der Waals surface area contributed by atoms with E-state index in [1.165, 1.54) is 0 Å². The smallest absolute Gasteiger partial charge is 0.312 e. The molecule has 3 fully saturated rings. The van der Waals surface area contributed by atoms with Gasteiger partial charge in [0.05, 0.1) is 17.4 Å². The maximum atomic E-state index is 14.3. The quantitative estimate of drug-likeness (QED) is 0.616. The molecule has 3 saturated carbocycles. The summed E-state index contributed by atoms with van der Waals surface area (Å²) in [7, 11) is 0. The van der Waals surface area contributed by atoms with Crippen molar-refractivity contribution in [3.63, 3.8) is 0 Å². The third-order valence-electron chi connectivity index (χ3n) is 4.47. The van der Waals surface area contributed by atoms with Crippen LogP contribution >= 0.6 is 0 Å². The molecule has 4 rings (SSSR count). The molecule has 0 unspecified atom stereocenters. The summed E-state index contributed by atoms with van der Waals surface area (Å²) in [5.41, 5.74) is -1.68. The molecule has 0 radical (unpaired) electrons. The topological polar surface area (TPSA) is 26.3 Å². The monoisotopic (exact) mass is 290 g/mol. The van der Waals surface area contributed by atoms with Crippen LogP contribution < -0.4 is 0 Å². The Morgan fingerprint density at radius 3 is 2.52 bits per heavy atom. The Morgan fingerprint density at radius 2 is 1.90 bits per heavy atom. The fraction of sp³-hybridized carbons (Fsp3) is 0.471. The van der Waals surface area contributed by atoms with Crippen LogP contribution in [0.5, 0.6) is 0 Å². The van der Waals surface area contributed by atoms with Crippen molar-refractivity contribution in [1.82, 2.24) is 0 Å². The normalized spacial score (nSPS) is 31.8. The van der Waals surface area contributed by atoms with Gasteiger partial charge in [0.25, 0.3) is 5.92 Å². The Balaban J connectivity index is 1.85. The highest BCUT2D eigenvalue weighted by molar-refractivity contribution is 5.80. The summed E-state index contributed by atoms with van der Waals surface area (Å²) in [5.74, 6) is 2.14. The predicted molar refractivity (Wildman–Crippen MR) is 73.6 cm³/mol. The van der Waals surface area contributed by atoms with Gasteiger partial charge in [0.2, 0.25) is 0 Å². The number of carbonyl (C=O) groups is 1. The minimum Gasteiger partial charge on any atom is -0.466 e. The first-order chi connectivity index (χ1) is 9.93. The Labute approximate surface area is 122 Å². The van der Waals surface area contributed by atoms with E-state index in [1.54, 1.807) is 19.1 Å². The third-order valence-corrected chi connectivity index (χ3v) is 4.47. The van der Waals surface area contributed by atoms with E-state index < -0.39 is 29.1 Å². The van der Waals surface area contributed by atoms with Gasteiger partial charge in [0, 0.05) is 12.0 Å². The summed E-state index contributed by atoms with van der Waals surface area (Å²) < 4.78 is 33.5. The number of alkyl halides is 2. The van der Waals surface area contributed by atoms with Crippen molar-refractivity contribution in [2.24, 2.45) is 10.8 Å². The van der Waals surface area contributed by atoms with Crippen LogP contribution in [-0.4, -0.2) is 18.5 Å². The molecule has 2 nitrogen and oxygen atoms in total. The molecule has 0 spiro atoms. The number of hydrogen-bond acceptors (Lipinski definition) is 2. The summed E-state index contributed by atoms with van der Waals surface area (Å²) in [6.07, 6.45) is -0.236. The number of halogens is 2. The molecule has 3 aliphatic rings. The van der Waals surface area contributed by atoms with Gasteiger partial charge in [0.15, 0.2) is 0 Å². The number of ether oxygens (including phenoxy) is 1. The maximum Gasteiger partial charge on any atom is 0.312 e. The largest absolute Gasteiger partial charge is 0.466 e. The first-order valence-electron chi connectivity index (χ1n) is 7.06. The summed E-state index contributed by atoms with van der Waals surface area (Å²) in [6, 6.07) is 9.06. The van der Waals surface area contributed by atoms with Gasteiger partial charge in [-0.15, -0.1) is 0 Å². The summed E-state index contributed by atoms with van der Waals surface area (Å²) in [4.78, 5) is 11.9. The first kappa shape index (κ1) is 14.1. The van der Waals surface area contributed by atoms with Crippen LogP contribution in [0.25, 0.3) is 0 Å². The Kier molecular flexibility index (Phi) is 3.05. The van der Waals surface area contributed by atoms with Gasteiger partial charge in [-0.25, -0.2) is 8.78 Å². The molecule has 0 heterocycles. The molecule has 1 aromatic carbocycles. The Bertz CT molecular complexity index is 619. The molecule has 3 aliphatic carbocycles. The highest BCUT2D eigenvalue weighted by atomic mass is 19.3. The van der Waals surface area contributed by atoms with Gasteiger partial charge in [-0.05, 0) is 31.9 Å². The van der Waals surface area contributed by atoms with E-state index in [2.05, 4.69) is 11.8 Å². The van der Waals surface area contributed by atoms with Crippen LogP contribution in [0, 0.1) is 22.7 Å². The molecular weight excluding hydrogens is 274 g/mol. The van der Waals surface area contributed by atoms with Crippen molar-refractivity contribution in [3.8, 4) is 11.8 Å². The lowest BCUT2D eigenvalue weighted by molar-refractivity contribution is -0.162. The zero-order valence-electron chi connectivity index (χ0n) is 11.8. The molecule has 0 atom stereocenters.